The second kappa shape index (κ2) is 6.67. The number of rotatable bonds is 5. The molecule has 3 heterocycles. The third-order valence-corrected chi connectivity index (χ3v) is 10.6. The molecule has 7 rings (SSSR count). The third kappa shape index (κ3) is 2.83. The molecule has 8 heteroatoms. The molecule has 0 radical (unpaired) electrons. The van der Waals surface area contributed by atoms with Crippen molar-refractivity contribution in [1.82, 2.24) is 9.97 Å². The topological polar surface area (TPSA) is 78.3 Å². The molecule has 168 valence electrons. The zero-order valence-electron chi connectivity index (χ0n) is 17.9. The Bertz CT molecular complexity index is 1120. The van der Waals surface area contributed by atoms with E-state index in [2.05, 4.69) is 22.3 Å². The van der Waals surface area contributed by atoms with Gasteiger partial charge in [0.25, 0.3) is 0 Å². The van der Waals surface area contributed by atoms with Crippen LogP contribution in [0.5, 0.6) is 0 Å². The molecule has 32 heavy (non-hydrogen) atoms. The van der Waals surface area contributed by atoms with Crippen LogP contribution in [0.25, 0.3) is 0 Å². The highest BCUT2D eigenvalue weighted by atomic mass is 35.5. The number of fused-ring (bicyclic) bond motifs is 3. The Morgan fingerprint density at radius 1 is 1.19 bits per heavy atom. The van der Waals surface area contributed by atoms with Gasteiger partial charge in [-0.05, 0) is 62.1 Å². The van der Waals surface area contributed by atoms with Crippen LogP contribution in [-0.2, 0) is 10.8 Å². The van der Waals surface area contributed by atoms with E-state index in [1.165, 1.54) is 18.4 Å². The van der Waals surface area contributed by atoms with Crippen molar-refractivity contribution in [2.75, 3.05) is 29.9 Å². The van der Waals surface area contributed by atoms with Crippen LogP contribution in [0, 0.1) is 5.41 Å². The summed E-state index contributed by atoms with van der Waals surface area (Å²) < 4.78 is 13.0. The van der Waals surface area contributed by atoms with Gasteiger partial charge in [0, 0.05) is 34.7 Å². The molecule has 0 amide bonds. The van der Waals surface area contributed by atoms with Crippen molar-refractivity contribution in [3.63, 3.8) is 0 Å². The molecule has 0 bridgehead atoms. The predicted molar refractivity (Wildman–Crippen MR) is 125 cm³/mol. The average Bonchev–Trinajstić information content (AvgIpc) is 3.45. The standard InChI is InChI=1S/C24H27ClN4O2S/c25-16-4-2-14(3-5-16)15-9-23(10-15)11-29(12-23)22-26-19-17-8-18(17)32(31)20(19)21(27-22)28-24(13-30)6-1-7-24/h2-5,15,17-18,30H,1,6-13H2,(H,26,27,28)/t17?,18?,32-/m0/s1. The molecule has 5 aliphatic rings. The van der Waals surface area contributed by atoms with Gasteiger partial charge in [0.2, 0.25) is 5.95 Å². The third-order valence-electron chi connectivity index (χ3n) is 8.47. The van der Waals surface area contributed by atoms with Crippen LogP contribution < -0.4 is 10.2 Å². The van der Waals surface area contributed by atoms with Gasteiger partial charge in [-0.15, -0.1) is 0 Å². The smallest absolute Gasteiger partial charge is 0.227 e. The summed E-state index contributed by atoms with van der Waals surface area (Å²) >= 11 is 6.04. The Morgan fingerprint density at radius 3 is 2.59 bits per heavy atom. The Balaban J connectivity index is 1.11. The summed E-state index contributed by atoms with van der Waals surface area (Å²) in [6, 6.07) is 8.28. The quantitative estimate of drug-likeness (QED) is 0.691. The maximum Gasteiger partial charge on any atom is 0.227 e. The largest absolute Gasteiger partial charge is 0.394 e. The van der Waals surface area contributed by atoms with Gasteiger partial charge in [-0.25, -0.2) is 4.98 Å². The van der Waals surface area contributed by atoms with Crippen LogP contribution in [0.4, 0.5) is 11.8 Å². The Hall–Kier alpha value is -1.70. The van der Waals surface area contributed by atoms with Crippen molar-refractivity contribution in [3.05, 3.63) is 40.5 Å². The minimum atomic E-state index is -1.03. The number of nitrogens with zero attached hydrogens (tertiary/aromatic N) is 3. The molecule has 2 N–H and O–H groups in total. The van der Waals surface area contributed by atoms with E-state index >= 15 is 0 Å². The molecule has 3 atom stereocenters. The van der Waals surface area contributed by atoms with Gasteiger partial charge in [-0.3, -0.25) is 4.21 Å². The summed E-state index contributed by atoms with van der Waals surface area (Å²) in [5, 5.41) is 14.5. The van der Waals surface area contributed by atoms with E-state index in [4.69, 9.17) is 21.6 Å². The van der Waals surface area contributed by atoms with E-state index in [0.29, 0.717) is 23.1 Å². The number of aromatic nitrogens is 2. The van der Waals surface area contributed by atoms with E-state index in [1.807, 2.05) is 12.1 Å². The molecule has 1 spiro atoms. The first-order valence-corrected chi connectivity index (χ1v) is 13.3. The minimum absolute atomic E-state index is 0.0829. The van der Waals surface area contributed by atoms with E-state index in [-0.39, 0.29) is 17.4 Å². The number of anilines is 2. The summed E-state index contributed by atoms with van der Waals surface area (Å²) in [4.78, 5) is 12.9. The molecular formula is C24H27ClN4O2S. The maximum atomic E-state index is 13.0. The summed E-state index contributed by atoms with van der Waals surface area (Å²) in [6.07, 6.45) is 6.33. The van der Waals surface area contributed by atoms with Crippen LogP contribution in [0.1, 0.15) is 61.6 Å². The number of hydrogen-bond donors (Lipinski definition) is 2. The summed E-state index contributed by atoms with van der Waals surface area (Å²) in [6.45, 7) is 2.05. The van der Waals surface area contributed by atoms with Crippen LogP contribution >= 0.6 is 11.6 Å². The number of nitrogens with one attached hydrogen (secondary N) is 1. The fraction of sp³-hybridized carbons (Fsp3) is 0.583. The molecule has 1 aromatic heterocycles. The molecule has 3 aliphatic carbocycles. The van der Waals surface area contributed by atoms with Crippen molar-refractivity contribution in [3.8, 4) is 0 Å². The molecule has 1 aromatic carbocycles. The van der Waals surface area contributed by atoms with Crippen LogP contribution in [0.2, 0.25) is 5.02 Å². The van der Waals surface area contributed by atoms with E-state index < -0.39 is 10.8 Å². The van der Waals surface area contributed by atoms with Crippen molar-refractivity contribution in [1.29, 1.82) is 0 Å². The lowest BCUT2D eigenvalue weighted by Gasteiger charge is -2.59. The average molecular weight is 471 g/mol. The molecule has 2 aromatic rings. The second-order valence-electron chi connectivity index (χ2n) is 10.7. The normalized spacial score (nSPS) is 30.7. The molecule has 2 unspecified atom stereocenters. The van der Waals surface area contributed by atoms with Gasteiger partial charge in [0.1, 0.15) is 10.7 Å². The monoisotopic (exact) mass is 470 g/mol. The van der Waals surface area contributed by atoms with E-state index in [1.54, 1.807) is 0 Å². The van der Waals surface area contributed by atoms with Gasteiger partial charge < -0.3 is 15.3 Å². The van der Waals surface area contributed by atoms with Gasteiger partial charge in [-0.2, -0.15) is 4.98 Å². The Morgan fingerprint density at radius 2 is 1.94 bits per heavy atom. The number of aliphatic hydroxyl groups excluding tert-OH is 1. The van der Waals surface area contributed by atoms with E-state index in [0.717, 1.165) is 60.3 Å². The summed E-state index contributed by atoms with van der Waals surface area (Å²) in [5.41, 5.74) is 2.43. The number of hydrogen-bond acceptors (Lipinski definition) is 6. The molecule has 6 nitrogen and oxygen atoms in total. The Labute approximate surface area is 195 Å². The zero-order valence-corrected chi connectivity index (χ0v) is 19.5. The lowest BCUT2D eigenvalue weighted by molar-refractivity contribution is 0.0620. The van der Waals surface area contributed by atoms with Gasteiger partial charge in [0.15, 0.2) is 0 Å². The fourth-order valence-electron chi connectivity index (χ4n) is 6.28. The Kier molecular flexibility index (Phi) is 4.12. The van der Waals surface area contributed by atoms with Gasteiger partial charge in [-0.1, -0.05) is 23.7 Å². The molecular weight excluding hydrogens is 444 g/mol. The van der Waals surface area contributed by atoms with Crippen LogP contribution in [0.15, 0.2) is 29.2 Å². The zero-order chi connectivity index (χ0) is 21.7. The second-order valence-corrected chi connectivity index (χ2v) is 12.7. The first kappa shape index (κ1) is 19.7. The highest BCUT2D eigenvalue weighted by Crippen LogP contribution is 2.58. The molecule has 1 saturated heterocycles. The van der Waals surface area contributed by atoms with Crippen LogP contribution in [-0.4, -0.2) is 49.8 Å². The van der Waals surface area contributed by atoms with E-state index in [9.17, 15) is 9.32 Å². The summed E-state index contributed by atoms with van der Waals surface area (Å²) in [5.74, 6) is 2.42. The molecule has 3 saturated carbocycles. The highest BCUT2D eigenvalue weighted by Gasteiger charge is 2.56. The minimum Gasteiger partial charge on any atom is -0.394 e. The van der Waals surface area contributed by atoms with Crippen molar-refractivity contribution < 1.29 is 9.32 Å². The highest BCUT2D eigenvalue weighted by molar-refractivity contribution is 7.86. The lowest BCUT2D eigenvalue weighted by Crippen LogP contribution is -2.62. The lowest BCUT2D eigenvalue weighted by atomic mass is 9.56. The number of benzene rings is 1. The molecule has 4 fully saturated rings. The van der Waals surface area contributed by atoms with Crippen LogP contribution in [0.3, 0.4) is 0 Å². The first-order chi connectivity index (χ1) is 15.5. The number of halogens is 1. The van der Waals surface area contributed by atoms with Crippen molar-refractivity contribution in [2.24, 2.45) is 5.41 Å². The first-order valence-electron chi connectivity index (χ1n) is 11.7. The van der Waals surface area contributed by atoms with Crippen molar-refractivity contribution in [2.45, 2.75) is 66.0 Å². The predicted octanol–water partition coefficient (Wildman–Crippen LogP) is 3.82. The SMILES string of the molecule is O=[S@@]1c2c(NC3(CO)CCC3)nc(N3CC4(CC(c5ccc(Cl)cc5)C4)C3)nc2C2CC21. The van der Waals surface area contributed by atoms with Crippen molar-refractivity contribution >= 4 is 34.2 Å². The number of aliphatic hydroxyl groups is 1. The molecule has 2 aliphatic heterocycles. The summed E-state index contributed by atoms with van der Waals surface area (Å²) in [7, 11) is -1.03. The fourth-order valence-corrected chi connectivity index (χ4v) is 8.20. The van der Waals surface area contributed by atoms with Gasteiger partial charge >= 0.3 is 0 Å². The maximum absolute atomic E-state index is 13.0. The van der Waals surface area contributed by atoms with Gasteiger partial charge in [0.05, 0.1) is 28.6 Å².